The van der Waals surface area contributed by atoms with Crippen LogP contribution >= 0.6 is 11.3 Å². The Morgan fingerprint density at radius 3 is 2.79 bits per heavy atom. The number of hydrogen-bond donors (Lipinski definition) is 4. The van der Waals surface area contributed by atoms with E-state index in [4.69, 9.17) is 0 Å². The van der Waals surface area contributed by atoms with Gasteiger partial charge < -0.3 is 20.8 Å². The average Bonchev–Trinajstić information content (AvgIpc) is 3.26. The van der Waals surface area contributed by atoms with Gasteiger partial charge in [-0.2, -0.15) is 0 Å². The Hall–Kier alpha value is -1.63. The minimum Gasteiger partial charge on any atom is -0.396 e. The summed E-state index contributed by atoms with van der Waals surface area (Å²) < 4.78 is 1.19. The molecule has 0 bridgehead atoms. The van der Waals surface area contributed by atoms with Crippen LogP contribution in [0.15, 0.2) is 35.3 Å². The Kier molecular flexibility index (Phi) is 5.38. The lowest BCUT2D eigenvalue weighted by atomic mass is 10.1. The molecular weight excluding hydrogens is 322 g/mol. The maximum atomic E-state index is 10.5. The van der Waals surface area contributed by atoms with Crippen LogP contribution in [0.25, 0.3) is 10.1 Å². The average molecular weight is 347 g/mol. The van der Waals surface area contributed by atoms with Gasteiger partial charge in [-0.05, 0) is 37.3 Å². The van der Waals surface area contributed by atoms with Crippen LogP contribution in [0.3, 0.4) is 0 Å². The van der Waals surface area contributed by atoms with Gasteiger partial charge >= 0.3 is 0 Å². The predicted molar refractivity (Wildman–Crippen MR) is 99.5 cm³/mol. The third-order valence-corrected chi connectivity index (χ3v) is 5.66. The third-order valence-electron chi connectivity index (χ3n) is 4.45. The van der Waals surface area contributed by atoms with Crippen molar-refractivity contribution in [2.24, 2.45) is 10.4 Å². The van der Waals surface area contributed by atoms with Gasteiger partial charge in [0.05, 0.1) is 13.2 Å². The largest absolute Gasteiger partial charge is 0.396 e. The number of guanidine groups is 1. The normalized spacial score (nSPS) is 17.7. The van der Waals surface area contributed by atoms with Crippen molar-refractivity contribution in [2.45, 2.75) is 25.9 Å². The number of aliphatic hydroxyl groups excluding tert-OH is 2. The fraction of sp³-hybridized carbons (Fsp3) is 0.500. The lowest BCUT2D eigenvalue weighted by Gasteiger charge is -2.15. The van der Waals surface area contributed by atoms with E-state index in [1.165, 1.54) is 4.70 Å². The highest BCUT2D eigenvalue weighted by atomic mass is 32.1. The Balaban J connectivity index is 1.59. The van der Waals surface area contributed by atoms with Gasteiger partial charge in [-0.1, -0.05) is 18.2 Å². The van der Waals surface area contributed by atoms with Crippen molar-refractivity contribution >= 4 is 27.4 Å². The molecule has 1 aromatic carbocycles. The fourth-order valence-corrected chi connectivity index (χ4v) is 3.64. The van der Waals surface area contributed by atoms with Crippen LogP contribution in [-0.4, -0.2) is 42.4 Å². The Morgan fingerprint density at radius 1 is 1.33 bits per heavy atom. The molecule has 1 atom stereocenters. The molecule has 24 heavy (non-hydrogen) atoms. The first kappa shape index (κ1) is 17.2. The van der Waals surface area contributed by atoms with Gasteiger partial charge in [0.25, 0.3) is 0 Å². The summed E-state index contributed by atoms with van der Waals surface area (Å²) in [6, 6.07) is 10.2. The smallest absolute Gasteiger partial charge is 0.191 e. The van der Waals surface area contributed by atoms with E-state index < -0.39 is 6.10 Å². The Bertz CT molecular complexity index is 676. The Morgan fingerprint density at radius 2 is 2.12 bits per heavy atom. The second-order valence-electron chi connectivity index (χ2n) is 6.44. The summed E-state index contributed by atoms with van der Waals surface area (Å²) >= 11 is 1.62. The third kappa shape index (κ3) is 4.06. The topological polar surface area (TPSA) is 76.9 Å². The van der Waals surface area contributed by atoms with Gasteiger partial charge in [-0.15, -0.1) is 11.3 Å². The minimum atomic E-state index is -0.570. The lowest BCUT2D eigenvalue weighted by molar-refractivity contribution is 0.184. The summed E-state index contributed by atoms with van der Waals surface area (Å²) in [7, 11) is 0. The molecule has 1 aliphatic rings. The quantitative estimate of drug-likeness (QED) is 0.458. The van der Waals surface area contributed by atoms with Crippen LogP contribution in [0, 0.1) is 5.41 Å². The molecule has 2 aromatic rings. The molecule has 0 radical (unpaired) electrons. The molecule has 1 fully saturated rings. The number of aliphatic hydroxyl groups is 2. The van der Waals surface area contributed by atoms with Crippen molar-refractivity contribution in [2.75, 3.05) is 26.2 Å². The first-order chi connectivity index (χ1) is 11.7. The van der Waals surface area contributed by atoms with E-state index in [1.54, 1.807) is 11.3 Å². The van der Waals surface area contributed by atoms with Crippen LogP contribution in [0.2, 0.25) is 0 Å². The van der Waals surface area contributed by atoms with E-state index in [2.05, 4.69) is 27.8 Å². The van der Waals surface area contributed by atoms with E-state index in [1.807, 2.05) is 25.1 Å². The SMILES string of the molecule is CCNC(=NCC1(CO)CC1)NCC(O)c1cc2ccccc2s1. The number of hydrogen-bond acceptors (Lipinski definition) is 4. The standard InChI is InChI=1S/C18H25N3O2S/c1-2-19-17(21-11-18(12-22)7-8-18)20-10-14(23)16-9-13-5-3-4-6-15(13)24-16/h3-6,9,14,22-23H,2,7-8,10-12H2,1H3,(H2,19,20,21). The van der Waals surface area contributed by atoms with Gasteiger partial charge in [-0.25, -0.2) is 0 Å². The summed E-state index contributed by atoms with van der Waals surface area (Å²) in [5.41, 5.74) is -0.00750. The summed E-state index contributed by atoms with van der Waals surface area (Å²) in [6.45, 7) is 4.00. The number of benzene rings is 1. The second-order valence-corrected chi connectivity index (χ2v) is 7.55. The van der Waals surface area contributed by atoms with E-state index in [0.717, 1.165) is 29.6 Å². The molecule has 4 N–H and O–H groups in total. The highest BCUT2D eigenvalue weighted by molar-refractivity contribution is 7.19. The van der Waals surface area contributed by atoms with Gasteiger partial charge in [-0.3, -0.25) is 4.99 Å². The summed E-state index contributed by atoms with van der Waals surface area (Å²) in [6.07, 6.45) is 1.51. The molecule has 0 saturated heterocycles. The highest BCUT2D eigenvalue weighted by Crippen LogP contribution is 2.45. The maximum absolute atomic E-state index is 10.5. The molecule has 1 aliphatic carbocycles. The van der Waals surface area contributed by atoms with Crippen LogP contribution < -0.4 is 10.6 Å². The second kappa shape index (κ2) is 7.51. The molecule has 1 unspecified atom stereocenters. The zero-order valence-corrected chi connectivity index (χ0v) is 14.8. The van der Waals surface area contributed by atoms with Crippen molar-refractivity contribution in [1.82, 2.24) is 10.6 Å². The van der Waals surface area contributed by atoms with Crippen molar-refractivity contribution in [1.29, 1.82) is 0 Å². The number of thiophene rings is 1. The molecule has 6 heteroatoms. The fourth-order valence-electron chi connectivity index (χ4n) is 2.59. The molecule has 0 spiro atoms. The summed E-state index contributed by atoms with van der Waals surface area (Å²) in [4.78, 5) is 5.51. The molecule has 1 aromatic heterocycles. The van der Waals surface area contributed by atoms with Crippen molar-refractivity contribution in [3.63, 3.8) is 0 Å². The molecule has 5 nitrogen and oxygen atoms in total. The molecular formula is C18H25N3O2S. The van der Waals surface area contributed by atoms with Crippen molar-refractivity contribution in [3.8, 4) is 0 Å². The zero-order chi connectivity index (χ0) is 17.0. The van der Waals surface area contributed by atoms with Crippen molar-refractivity contribution < 1.29 is 10.2 Å². The molecule has 3 rings (SSSR count). The van der Waals surface area contributed by atoms with E-state index >= 15 is 0 Å². The van der Waals surface area contributed by atoms with E-state index in [9.17, 15) is 10.2 Å². The summed E-state index contributed by atoms with van der Waals surface area (Å²) in [5, 5.41) is 27.4. The maximum Gasteiger partial charge on any atom is 0.191 e. The first-order valence-electron chi connectivity index (χ1n) is 8.45. The van der Waals surface area contributed by atoms with Crippen LogP contribution in [-0.2, 0) is 0 Å². The van der Waals surface area contributed by atoms with Crippen LogP contribution in [0.4, 0.5) is 0 Å². The lowest BCUT2D eigenvalue weighted by Crippen LogP contribution is -2.39. The van der Waals surface area contributed by atoms with Gasteiger partial charge in [0, 0.05) is 28.1 Å². The molecule has 0 aliphatic heterocycles. The first-order valence-corrected chi connectivity index (χ1v) is 9.27. The number of nitrogens with one attached hydrogen (secondary N) is 2. The van der Waals surface area contributed by atoms with E-state index in [0.29, 0.717) is 19.0 Å². The predicted octanol–water partition coefficient (Wildman–Crippen LogP) is 2.26. The highest BCUT2D eigenvalue weighted by Gasteiger charge is 2.41. The zero-order valence-electron chi connectivity index (χ0n) is 14.0. The monoisotopic (exact) mass is 347 g/mol. The Labute approximate surface area is 146 Å². The minimum absolute atomic E-state index is 0.00750. The molecule has 0 amide bonds. The summed E-state index contributed by atoms with van der Waals surface area (Å²) in [5.74, 6) is 0.692. The molecule has 1 heterocycles. The van der Waals surface area contributed by atoms with Crippen LogP contribution in [0.5, 0.6) is 0 Å². The number of aliphatic imine (C=N–C) groups is 1. The molecule has 130 valence electrons. The van der Waals surface area contributed by atoms with E-state index in [-0.39, 0.29) is 12.0 Å². The van der Waals surface area contributed by atoms with Gasteiger partial charge in [0.1, 0.15) is 6.10 Å². The molecule has 1 saturated carbocycles. The number of fused-ring (bicyclic) bond motifs is 1. The van der Waals surface area contributed by atoms with Gasteiger partial charge in [0.2, 0.25) is 0 Å². The number of nitrogens with zero attached hydrogens (tertiary/aromatic N) is 1. The van der Waals surface area contributed by atoms with Crippen molar-refractivity contribution in [3.05, 3.63) is 35.2 Å². The number of rotatable bonds is 7. The van der Waals surface area contributed by atoms with Crippen LogP contribution in [0.1, 0.15) is 30.7 Å². The van der Waals surface area contributed by atoms with Gasteiger partial charge in [0.15, 0.2) is 5.96 Å².